The van der Waals surface area contributed by atoms with Crippen LogP contribution in [0.5, 0.6) is 0 Å². The third-order valence-corrected chi connectivity index (χ3v) is 2.88. The van der Waals surface area contributed by atoms with E-state index in [9.17, 15) is 20.2 Å². The first kappa shape index (κ1) is 14.1. The summed E-state index contributed by atoms with van der Waals surface area (Å²) in [7, 11) is 0. The van der Waals surface area contributed by atoms with Crippen molar-refractivity contribution in [2.75, 3.05) is 0 Å². The van der Waals surface area contributed by atoms with E-state index in [4.69, 9.17) is 5.26 Å². The highest BCUT2D eigenvalue weighted by Gasteiger charge is 2.16. The van der Waals surface area contributed by atoms with Gasteiger partial charge in [-0.25, -0.2) is 0 Å². The molecule has 0 saturated heterocycles. The summed E-state index contributed by atoms with van der Waals surface area (Å²) in [5, 5.41) is 30.3. The van der Waals surface area contributed by atoms with Gasteiger partial charge < -0.3 is 0 Å². The Labute approximate surface area is 119 Å². The Morgan fingerprint density at radius 2 is 1.43 bits per heavy atom. The third-order valence-electron chi connectivity index (χ3n) is 2.88. The number of nitro benzene ring substituents is 2. The molecular weight excluding hydrogens is 274 g/mol. The molecular formula is C14H9N3O4. The maximum Gasteiger partial charge on any atom is 0.276 e. The Balaban J connectivity index is 2.36. The van der Waals surface area contributed by atoms with Crippen LogP contribution < -0.4 is 0 Å². The van der Waals surface area contributed by atoms with Gasteiger partial charge in [0.05, 0.1) is 27.5 Å². The minimum Gasteiger partial charge on any atom is -0.258 e. The van der Waals surface area contributed by atoms with E-state index in [1.807, 2.05) is 6.07 Å². The van der Waals surface area contributed by atoms with Crippen LogP contribution in [0.15, 0.2) is 42.5 Å². The fraction of sp³-hybridized carbons (Fsp3) is 0.0714. The predicted molar refractivity (Wildman–Crippen MR) is 73.7 cm³/mol. The maximum absolute atomic E-state index is 10.8. The highest BCUT2D eigenvalue weighted by atomic mass is 16.6. The summed E-state index contributed by atoms with van der Waals surface area (Å²) in [5.41, 5.74) is 1.16. The average Bonchev–Trinajstić information content (AvgIpc) is 2.47. The summed E-state index contributed by atoms with van der Waals surface area (Å²) in [5.74, 6) is 0. The molecule has 7 nitrogen and oxygen atoms in total. The first-order valence-electron chi connectivity index (χ1n) is 5.91. The lowest BCUT2D eigenvalue weighted by Gasteiger charge is -2.03. The van der Waals surface area contributed by atoms with Crippen molar-refractivity contribution >= 4 is 11.4 Å². The van der Waals surface area contributed by atoms with Crippen LogP contribution in [-0.2, 0) is 6.42 Å². The monoisotopic (exact) mass is 283 g/mol. The Bertz CT molecular complexity index is 716. The van der Waals surface area contributed by atoms with Crippen molar-refractivity contribution < 1.29 is 9.85 Å². The first-order valence-corrected chi connectivity index (χ1v) is 5.91. The number of nitriles is 1. The van der Waals surface area contributed by atoms with Crippen molar-refractivity contribution in [1.82, 2.24) is 0 Å². The van der Waals surface area contributed by atoms with Crippen molar-refractivity contribution in [3.8, 4) is 6.07 Å². The van der Waals surface area contributed by atoms with Crippen molar-refractivity contribution in [1.29, 1.82) is 5.26 Å². The Kier molecular flexibility index (Phi) is 3.90. The second kappa shape index (κ2) is 5.79. The summed E-state index contributed by atoms with van der Waals surface area (Å²) < 4.78 is 0. The van der Waals surface area contributed by atoms with Gasteiger partial charge in [-0.15, -0.1) is 0 Å². The quantitative estimate of drug-likeness (QED) is 0.632. The molecule has 2 aromatic carbocycles. The number of hydrogen-bond donors (Lipinski definition) is 0. The van der Waals surface area contributed by atoms with E-state index < -0.39 is 9.85 Å². The van der Waals surface area contributed by atoms with Gasteiger partial charge in [-0.3, -0.25) is 20.2 Å². The van der Waals surface area contributed by atoms with E-state index >= 15 is 0 Å². The zero-order chi connectivity index (χ0) is 15.4. The minimum atomic E-state index is -0.657. The summed E-state index contributed by atoms with van der Waals surface area (Å²) in [6.07, 6.45) is 0.314. The number of hydrogen-bond acceptors (Lipinski definition) is 5. The molecule has 2 aromatic rings. The van der Waals surface area contributed by atoms with Gasteiger partial charge in [0.25, 0.3) is 11.4 Å². The van der Waals surface area contributed by atoms with Crippen LogP contribution in [0.25, 0.3) is 0 Å². The van der Waals surface area contributed by atoms with Crippen LogP contribution in [0.3, 0.4) is 0 Å². The van der Waals surface area contributed by atoms with Gasteiger partial charge in [-0.1, -0.05) is 12.1 Å². The van der Waals surface area contributed by atoms with Gasteiger partial charge in [0.15, 0.2) is 0 Å². The normalized spacial score (nSPS) is 9.86. The average molecular weight is 283 g/mol. The van der Waals surface area contributed by atoms with E-state index in [1.54, 1.807) is 24.3 Å². The molecule has 0 aromatic heterocycles. The minimum absolute atomic E-state index is 0.312. The van der Waals surface area contributed by atoms with Crippen molar-refractivity contribution in [2.45, 2.75) is 6.42 Å². The molecule has 21 heavy (non-hydrogen) atoms. The number of nitro groups is 2. The molecule has 0 aliphatic rings. The second-order valence-electron chi connectivity index (χ2n) is 4.36. The fourth-order valence-corrected chi connectivity index (χ4v) is 1.90. The van der Waals surface area contributed by atoms with Crippen LogP contribution in [0, 0.1) is 31.6 Å². The van der Waals surface area contributed by atoms with Crippen LogP contribution in [0.1, 0.15) is 16.7 Å². The second-order valence-corrected chi connectivity index (χ2v) is 4.36. The number of benzene rings is 2. The molecule has 0 amide bonds. The van der Waals surface area contributed by atoms with Gasteiger partial charge in [0.1, 0.15) is 0 Å². The van der Waals surface area contributed by atoms with Gasteiger partial charge in [-0.2, -0.15) is 5.26 Å². The Morgan fingerprint density at radius 1 is 0.905 bits per heavy atom. The van der Waals surface area contributed by atoms with Crippen molar-refractivity contribution in [3.63, 3.8) is 0 Å². The molecule has 0 spiro atoms. The molecule has 7 heteroatoms. The smallest absolute Gasteiger partial charge is 0.258 e. The van der Waals surface area contributed by atoms with Crippen LogP contribution in [0.2, 0.25) is 0 Å². The maximum atomic E-state index is 10.8. The molecule has 0 atom stereocenters. The molecule has 0 radical (unpaired) electrons. The topological polar surface area (TPSA) is 110 Å². The van der Waals surface area contributed by atoms with Crippen LogP contribution >= 0.6 is 0 Å². The highest BCUT2D eigenvalue weighted by molar-refractivity contribution is 5.48. The molecule has 0 N–H and O–H groups in total. The summed E-state index contributed by atoms with van der Waals surface area (Å²) in [6, 6.07) is 12.2. The van der Waals surface area contributed by atoms with Gasteiger partial charge in [-0.05, 0) is 29.7 Å². The number of non-ortho nitro benzene ring substituents is 2. The molecule has 0 bridgehead atoms. The molecule has 0 unspecified atom stereocenters. The Hall–Kier alpha value is -3.27. The third kappa shape index (κ3) is 3.39. The first-order chi connectivity index (χ1) is 9.99. The molecule has 104 valence electrons. The van der Waals surface area contributed by atoms with Gasteiger partial charge >= 0.3 is 0 Å². The van der Waals surface area contributed by atoms with Gasteiger partial charge in [0, 0.05) is 12.1 Å². The van der Waals surface area contributed by atoms with Crippen LogP contribution in [-0.4, -0.2) is 9.85 Å². The standard InChI is InChI=1S/C14H9N3O4/c15-9-11-3-1-10(2-4-11)5-12-6-13(16(18)19)8-14(7-12)17(20)21/h1-4,6-8H,5H2. The molecule has 2 rings (SSSR count). The summed E-state index contributed by atoms with van der Waals surface area (Å²) in [6.45, 7) is 0. The molecule has 0 aliphatic carbocycles. The highest BCUT2D eigenvalue weighted by Crippen LogP contribution is 2.24. The predicted octanol–water partition coefficient (Wildman–Crippen LogP) is 2.97. The molecule has 0 fully saturated rings. The zero-order valence-electron chi connectivity index (χ0n) is 10.7. The number of nitrogens with zero attached hydrogens (tertiary/aromatic N) is 3. The van der Waals surface area contributed by atoms with E-state index in [1.165, 1.54) is 12.1 Å². The van der Waals surface area contributed by atoms with Crippen LogP contribution in [0.4, 0.5) is 11.4 Å². The molecule has 0 aliphatic heterocycles. The van der Waals surface area contributed by atoms with E-state index in [0.29, 0.717) is 17.5 Å². The lowest BCUT2D eigenvalue weighted by atomic mass is 10.0. The van der Waals surface area contributed by atoms with Crippen molar-refractivity contribution in [2.24, 2.45) is 0 Å². The lowest BCUT2D eigenvalue weighted by Crippen LogP contribution is -1.96. The fourth-order valence-electron chi connectivity index (χ4n) is 1.90. The van der Waals surface area contributed by atoms with Crippen molar-refractivity contribution in [3.05, 3.63) is 79.4 Å². The molecule has 0 heterocycles. The number of rotatable bonds is 4. The van der Waals surface area contributed by atoms with E-state index in [2.05, 4.69) is 0 Å². The SMILES string of the molecule is N#Cc1ccc(Cc2cc([N+](=O)[O-])cc([N+](=O)[O-])c2)cc1. The summed E-state index contributed by atoms with van der Waals surface area (Å²) in [4.78, 5) is 20.3. The van der Waals surface area contributed by atoms with E-state index in [-0.39, 0.29) is 11.4 Å². The zero-order valence-corrected chi connectivity index (χ0v) is 10.7. The molecule has 0 saturated carbocycles. The Morgan fingerprint density at radius 3 is 1.86 bits per heavy atom. The summed E-state index contributed by atoms with van der Waals surface area (Å²) >= 11 is 0. The van der Waals surface area contributed by atoms with E-state index in [0.717, 1.165) is 11.6 Å². The lowest BCUT2D eigenvalue weighted by molar-refractivity contribution is -0.394. The largest absolute Gasteiger partial charge is 0.276 e. The van der Waals surface area contributed by atoms with Gasteiger partial charge in [0.2, 0.25) is 0 Å².